The number of benzene rings is 1. The molecule has 2 rings (SSSR count). The monoisotopic (exact) mass is 309 g/mol. The Hall–Kier alpha value is -1.82. The van der Waals surface area contributed by atoms with E-state index in [9.17, 15) is 13.2 Å². The molecule has 0 spiro atoms. The van der Waals surface area contributed by atoms with Gasteiger partial charge in [-0.2, -0.15) is 0 Å². The maximum Gasteiger partial charge on any atom is 0.328 e. The Balaban J connectivity index is 2.16. The average Bonchev–Trinajstić information content (AvgIpc) is 2.94. The van der Waals surface area contributed by atoms with Crippen molar-refractivity contribution in [3.63, 3.8) is 0 Å². The molecule has 0 saturated heterocycles. The molecule has 0 aromatic heterocycles. The first-order chi connectivity index (χ1) is 9.88. The summed E-state index contributed by atoms with van der Waals surface area (Å²) < 4.78 is 27.2. The standard InChI is InChI=1S/C15H19NO4S/c1-11-10-12(7-9-15(17)18)6-8-14(11)16-21(19,20)13-4-2-3-5-13/h6-10,13,16H,2-5H2,1H3,(H,17,18)/b9-7+. The molecule has 1 aliphatic carbocycles. The quantitative estimate of drug-likeness (QED) is 0.819. The van der Waals surface area contributed by atoms with Crippen LogP contribution in [-0.2, 0) is 14.8 Å². The molecule has 0 atom stereocenters. The summed E-state index contributed by atoms with van der Waals surface area (Å²) in [5.74, 6) is -1.02. The first-order valence-corrected chi connectivity index (χ1v) is 8.46. The predicted molar refractivity (Wildman–Crippen MR) is 82.6 cm³/mol. The lowest BCUT2D eigenvalue weighted by Gasteiger charge is -2.15. The van der Waals surface area contributed by atoms with Gasteiger partial charge in [0, 0.05) is 6.08 Å². The Morgan fingerprint density at radius 3 is 2.57 bits per heavy atom. The number of rotatable bonds is 5. The number of aryl methyl sites for hydroxylation is 1. The molecule has 0 aliphatic heterocycles. The van der Waals surface area contributed by atoms with Crippen molar-refractivity contribution < 1.29 is 18.3 Å². The van der Waals surface area contributed by atoms with Gasteiger partial charge in [-0.1, -0.05) is 18.9 Å². The van der Waals surface area contributed by atoms with Crippen LogP contribution in [0.4, 0.5) is 5.69 Å². The Bertz CT molecular complexity index is 658. The predicted octanol–water partition coefficient (Wildman–Crippen LogP) is 2.78. The van der Waals surface area contributed by atoms with Gasteiger partial charge >= 0.3 is 5.97 Å². The number of aliphatic carboxylic acids is 1. The summed E-state index contributed by atoms with van der Waals surface area (Å²) in [6.07, 6.45) is 5.89. The van der Waals surface area contributed by atoms with Crippen molar-refractivity contribution in [3.8, 4) is 0 Å². The number of anilines is 1. The van der Waals surface area contributed by atoms with Crippen molar-refractivity contribution in [1.29, 1.82) is 0 Å². The van der Waals surface area contributed by atoms with E-state index in [0.29, 0.717) is 18.5 Å². The van der Waals surface area contributed by atoms with Gasteiger partial charge in [-0.3, -0.25) is 4.72 Å². The smallest absolute Gasteiger partial charge is 0.328 e. The van der Waals surface area contributed by atoms with E-state index in [1.54, 1.807) is 25.1 Å². The molecule has 0 radical (unpaired) electrons. The lowest BCUT2D eigenvalue weighted by Crippen LogP contribution is -2.25. The lowest BCUT2D eigenvalue weighted by atomic mass is 10.1. The van der Waals surface area contributed by atoms with E-state index in [1.807, 2.05) is 0 Å². The number of hydrogen-bond donors (Lipinski definition) is 2. The molecule has 0 heterocycles. The summed E-state index contributed by atoms with van der Waals surface area (Å²) in [5, 5.41) is 8.29. The highest BCUT2D eigenvalue weighted by Crippen LogP contribution is 2.27. The van der Waals surface area contributed by atoms with Gasteiger partial charge in [0.2, 0.25) is 10.0 Å². The molecule has 1 aromatic rings. The van der Waals surface area contributed by atoms with E-state index >= 15 is 0 Å². The van der Waals surface area contributed by atoms with Crippen LogP contribution >= 0.6 is 0 Å². The minimum Gasteiger partial charge on any atom is -0.478 e. The minimum atomic E-state index is -3.34. The molecule has 1 aliphatic rings. The van der Waals surface area contributed by atoms with E-state index < -0.39 is 16.0 Å². The van der Waals surface area contributed by atoms with Crippen molar-refractivity contribution in [1.82, 2.24) is 0 Å². The first kappa shape index (κ1) is 15.6. The van der Waals surface area contributed by atoms with Crippen LogP contribution in [0.25, 0.3) is 6.08 Å². The Morgan fingerprint density at radius 1 is 1.33 bits per heavy atom. The topological polar surface area (TPSA) is 83.5 Å². The molecule has 1 aromatic carbocycles. The number of carboxylic acid groups (broad SMARTS) is 1. The number of sulfonamides is 1. The van der Waals surface area contributed by atoms with Crippen LogP contribution in [0.1, 0.15) is 36.8 Å². The Kier molecular flexibility index (Phi) is 4.67. The van der Waals surface area contributed by atoms with Gasteiger partial charge in [0.15, 0.2) is 0 Å². The highest BCUT2D eigenvalue weighted by Gasteiger charge is 2.28. The van der Waals surface area contributed by atoms with Gasteiger partial charge in [-0.05, 0) is 49.1 Å². The van der Waals surface area contributed by atoms with Gasteiger partial charge in [-0.25, -0.2) is 13.2 Å². The molecule has 2 N–H and O–H groups in total. The van der Waals surface area contributed by atoms with Crippen LogP contribution in [0.5, 0.6) is 0 Å². The van der Waals surface area contributed by atoms with Crippen molar-refractivity contribution in [2.45, 2.75) is 37.9 Å². The fourth-order valence-corrected chi connectivity index (χ4v) is 4.16. The van der Waals surface area contributed by atoms with Crippen LogP contribution < -0.4 is 4.72 Å². The van der Waals surface area contributed by atoms with Crippen molar-refractivity contribution in [2.75, 3.05) is 4.72 Å². The summed E-state index contributed by atoms with van der Waals surface area (Å²) in [6, 6.07) is 5.12. The van der Waals surface area contributed by atoms with E-state index in [4.69, 9.17) is 5.11 Å². The van der Waals surface area contributed by atoms with E-state index in [2.05, 4.69) is 4.72 Å². The van der Waals surface area contributed by atoms with Crippen molar-refractivity contribution in [2.24, 2.45) is 0 Å². The van der Waals surface area contributed by atoms with E-state index in [0.717, 1.165) is 30.0 Å². The lowest BCUT2D eigenvalue weighted by molar-refractivity contribution is -0.131. The number of hydrogen-bond acceptors (Lipinski definition) is 3. The van der Waals surface area contributed by atoms with Crippen LogP contribution in [-0.4, -0.2) is 24.7 Å². The molecule has 114 valence electrons. The molecule has 1 fully saturated rings. The number of carboxylic acids is 1. The zero-order valence-corrected chi connectivity index (χ0v) is 12.7. The van der Waals surface area contributed by atoms with Crippen molar-refractivity contribution in [3.05, 3.63) is 35.4 Å². The highest BCUT2D eigenvalue weighted by molar-refractivity contribution is 7.93. The van der Waals surface area contributed by atoms with Crippen molar-refractivity contribution >= 4 is 27.8 Å². The third-order valence-corrected chi connectivity index (χ3v) is 5.52. The van der Waals surface area contributed by atoms with Crippen LogP contribution in [0.2, 0.25) is 0 Å². The third kappa shape index (κ3) is 4.07. The highest BCUT2D eigenvalue weighted by atomic mass is 32.2. The molecular formula is C15H19NO4S. The van der Waals surface area contributed by atoms with Gasteiger partial charge in [0.05, 0.1) is 10.9 Å². The number of nitrogens with one attached hydrogen (secondary N) is 1. The molecule has 1 saturated carbocycles. The van der Waals surface area contributed by atoms with Crippen LogP contribution in [0, 0.1) is 6.92 Å². The summed E-state index contributed by atoms with van der Waals surface area (Å²) in [7, 11) is -3.34. The van der Waals surface area contributed by atoms with Crippen LogP contribution in [0.15, 0.2) is 24.3 Å². The molecule has 0 unspecified atom stereocenters. The second kappa shape index (κ2) is 6.30. The Labute approximate surface area is 124 Å². The van der Waals surface area contributed by atoms with Crippen LogP contribution in [0.3, 0.4) is 0 Å². The third-order valence-electron chi connectivity index (χ3n) is 3.66. The molecule has 0 amide bonds. The second-order valence-electron chi connectivity index (χ2n) is 5.30. The van der Waals surface area contributed by atoms with E-state index in [-0.39, 0.29) is 5.25 Å². The van der Waals surface area contributed by atoms with Gasteiger partial charge in [0.25, 0.3) is 0 Å². The Morgan fingerprint density at radius 2 is 2.00 bits per heavy atom. The largest absolute Gasteiger partial charge is 0.478 e. The summed E-state index contributed by atoms with van der Waals surface area (Å²) in [5.41, 5.74) is 2.04. The van der Waals surface area contributed by atoms with Gasteiger partial charge < -0.3 is 5.11 Å². The maximum atomic E-state index is 12.3. The second-order valence-corrected chi connectivity index (χ2v) is 7.26. The maximum absolute atomic E-state index is 12.3. The summed E-state index contributed by atoms with van der Waals surface area (Å²) in [6.45, 7) is 1.80. The summed E-state index contributed by atoms with van der Waals surface area (Å²) in [4.78, 5) is 10.5. The molecule has 5 nitrogen and oxygen atoms in total. The average molecular weight is 309 g/mol. The van der Waals surface area contributed by atoms with E-state index in [1.165, 1.54) is 6.08 Å². The minimum absolute atomic E-state index is 0.302. The zero-order valence-electron chi connectivity index (χ0n) is 11.9. The fraction of sp³-hybridized carbons (Fsp3) is 0.400. The van der Waals surface area contributed by atoms with Gasteiger partial charge in [-0.15, -0.1) is 0 Å². The van der Waals surface area contributed by atoms with Gasteiger partial charge in [0.1, 0.15) is 0 Å². The number of carbonyl (C=O) groups is 1. The molecule has 21 heavy (non-hydrogen) atoms. The fourth-order valence-electron chi connectivity index (χ4n) is 2.51. The first-order valence-electron chi connectivity index (χ1n) is 6.92. The SMILES string of the molecule is Cc1cc(/C=C/C(=O)O)ccc1NS(=O)(=O)C1CCCC1. The summed E-state index contributed by atoms with van der Waals surface area (Å²) >= 11 is 0. The normalized spacial score (nSPS) is 16.4. The molecule has 0 bridgehead atoms. The molecule has 6 heteroatoms. The zero-order chi connectivity index (χ0) is 15.5. The molecular weight excluding hydrogens is 290 g/mol.